The molecule has 12 heavy (non-hydrogen) atoms. The van der Waals surface area contributed by atoms with Crippen LogP contribution in [0.25, 0.3) is 0 Å². The Morgan fingerprint density at radius 2 is 2.33 bits per heavy atom. The van der Waals surface area contributed by atoms with E-state index in [4.69, 9.17) is 0 Å². The quantitative estimate of drug-likeness (QED) is 0.573. The van der Waals surface area contributed by atoms with E-state index in [0.29, 0.717) is 18.8 Å². The van der Waals surface area contributed by atoms with Crippen molar-refractivity contribution in [1.29, 1.82) is 0 Å². The van der Waals surface area contributed by atoms with Gasteiger partial charge in [0.1, 0.15) is 5.82 Å². The second kappa shape index (κ2) is 2.44. The second-order valence-corrected chi connectivity index (χ2v) is 2.52. The first-order valence-corrected chi connectivity index (χ1v) is 3.64. The van der Waals surface area contributed by atoms with Crippen LogP contribution in [0.2, 0.25) is 0 Å². The predicted molar refractivity (Wildman–Crippen MR) is 42.2 cm³/mol. The minimum Gasteiger partial charge on any atom is -0.370 e. The summed E-state index contributed by atoms with van der Waals surface area (Å²) >= 11 is 0. The molecule has 0 amide bonds. The molecule has 1 aliphatic rings. The van der Waals surface area contributed by atoms with Crippen LogP contribution in [0.4, 0.5) is 5.82 Å². The Bertz CT molecular complexity index is 382. The zero-order valence-electron chi connectivity index (χ0n) is 6.28. The Balaban J connectivity index is 2.69. The third kappa shape index (κ3) is 0.903. The van der Waals surface area contributed by atoms with Crippen molar-refractivity contribution in [3.63, 3.8) is 0 Å². The number of aromatic nitrogens is 2. The predicted octanol–water partition coefficient (Wildman–Crippen LogP) is -0.301. The molecule has 0 atom stereocenters. The summed E-state index contributed by atoms with van der Waals surface area (Å²) < 4.78 is 1.06. The number of nitrogens with zero attached hydrogens (tertiary/aromatic N) is 2. The van der Waals surface area contributed by atoms with Crippen LogP contribution >= 0.6 is 0 Å². The van der Waals surface area contributed by atoms with E-state index in [1.807, 2.05) is 0 Å². The van der Waals surface area contributed by atoms with Gasteiger partial charge in [-0.1, -0.05) is 0 Å². The van der Waals surface area contributed by atoms with E-state index in [2.05, 4.69) is 10.3 Å². The average Bonchev–Trinajstić information content (AvgIpc) is 2.04. The molecule has 1 N–H and O–H groups in total. The number of fused-ring (bicyclic) bond motifs is 1. The highest BCUT2D eigenvalue weighted by Gasteiger charge is 2.16. The van der Waals surface area contributed by atoms with Gasteiger partial charge >= 0.3 is 5.69 Å². The summed E-state index contributed by atoms with van der Waals surface area (Å²) in [7, 11) is 0. The first kappa shape index (κ1) is 7.02. The van der Waals surface area contributed by atoms with Crippen LogP contribution in [-0.2, 0) is 0 Å². The molecule has 62 valence electrons. The topological polar surface area (TPSA) is 64.0 Å². The normalized spacial score (nSPS) is 15.2. The molecule has 2 rings (SSSR count). The molecule has 0 bridgehead atoms. The van der Waals surface area contributed by atoms with Crippen LogP contribution in [-0.4, -0.2) is 22.0 Å². The van der Waals surface area contributed by atoms with E-state index in [1.54, 1.807) is 6.07 Å². The van der Waals surface area contributed by atoms with Gasteiger partial charge in [0.05, 0.1) is 0 Å². The van der Waals surface area contributed by atoms with E-state index in [9.17, 15) is 9.59 Å². The maximum atomic E-state index is 11.2. The monoisotopic (exact) mass is 165 g/mol. The van der Waals surface area contributed by atoms with Crippen molar-refractivity contribution in [3.05, 3.63) is 22.7 Å². The third-order valence-electron chi connectivity index (χ3n) is 1.74. The molecule has 1 aromatic rings. The largest absolute Gasteiger partial charge is 0.370 e. The molecule has 5 nitrogen and oxygen atoms in total. The number of nitrogens with one attached hydrogen (secondary N) is 1. The Morgan fingerprint density at radius 3 is 3.08 bits per heavy atom. The van der Waals surface area contributed by atoms with Crippen molar-refractivity contribution in [2.75, 3.05) is 11.9 Å². The molecular weight excluding hydrogens is 158 g/mol. The molecule has 0 unspecified atom stereocenters. The zero-order valence-corrected chi connectivity index (χ0v) is 6.28. The van der Waals surface area contributed by atoms with Gasteiger partial charge in [-0.25, -0.2) is 14.3 Å². The Hall–Kier alpha value is -1.65. The molecule has 0 spiro atoms. The molecule has 2 heterocycles. The number of carbonyl (C=O) groups excluding carboxylic acids is 1. The molecule has 1 aromatic heterocycles. The summed E-state index contributed by atoms with van der Waals surface area (Å²) in [5.74, 6) is 0.341. The summed E-state index contributed by atoms with van der Waals surface area (Å²) in [6.07, 6.45) is 1.73. The molecule has 5 heteroatoms. The van der Waals surface area contributed by atoms with Gasteiger partial charge in [0, 0.05) is 19.2 Å². The van der Waals surface area contributed by atoms with E-state index in [1.165, 1.54) is 6.20 Å². The molecule has 0 saturated heterocycles. The van der Waals surface area contributed by atoms with E-state index >= 15 is 0 Å². The minimum absolute atomic E-state index is 0.193. The molecular formula is C7H7N3O2. The summed E-state index contributed by atoms with van der Waals surface area (Å²) in [4.78, 5) is 25.7. The maximum absolute atomic E-state index is 11.2. The Morgan fingerprint density at radius 1 is 1.50 bits per heavy atom. The maximum Gasteiger partial charge on any atom is 0.356 e. The van der Waals surface area contributed by atoms with Gasteiger partial charge in [0.15, 0.2) is 0 Å². The first-order chi connectivity index (χ1) is 5.79. The molecule has 0 aliphatic carbocycles. The van der Waals surface area contributed by atoms with Crippen molar-refractivity contribution >= 4 is 11.7 Å². The van der Waals surface area contributed by atoms with Crippen molar-refractivity contribution < 1.29 is 4.79 Å². The lowest BCUT2D eigenvalue weighted by molar-refractivity contribution is 0.0896. The molecule has 1 aliphatic heterocycles. The Kier molecular flexibility index (Phi) is 1.43. The van der Waals surface area contributed by atoms with Crippen molar-refractivity contribution in [2.45, 2.75) is 6.42 Å². The summed E-state index contributed by atoms with van der Waals surface area (Å²) in [5.41, 5.74) is -0.510. The highest BCUT2D eigenvalue weighted by Crippen LogP contribution is 2.08. The second-order valence-electron chi connectivity index (χ2n) is 2.52. The van der Waals surface area contributed by atoms with Crippen LogP contribution in [0, 0.1) is 0 Å². The van der Waals surface area contributed by atoms with Gasteiger partial charge in [-0.2, -0.15) is 0 Å². The van der Waals surface area contributed by atoms with Crippen LogP contribution in [0.1, 0.15) is 11.2 Å². The molecule has 0 saturated carbocycles. The SMILES string of the molecule is O=C1CCNc2ccnc(=O)n21. The van der Waals surface area contributed by atoms with Crippen molar-refractivity contribution in [3.8, 4) is 0 Å². The highest BCUT2D eigenvalue weighted by atomic mass is 16.2. The van der Waals surface area contributed by atoms with Crippen LogP contribution in [0.3, 0.4) is 0 Å². The van der Waals surface area contributed by atoms with E-state index in [0.717, 1.165) is 4.57 Å². The van der Waals surface area contributed by atoms with Gasteiger partial charge in [-0.3, -0.25) is 4.79 Å². The first-order valence-electron chi connectivity index (χ1n) is 3.64. The standard InChI is InChI=1S/C7H7N3O2/c11-6-2-4-8-5-1-3-9-7(12)10(5)6/h1,3,8H,2,4H2. The van der Waals surface area contributed by atoms with Crippen LogP contribution in [0.5, 0.6) is 0 Å². The lowest BCUT2D eigenvalue weighted by Gasteiger charge is -2.16. The number of hydrogen-bond acceptors (Lipinski definition) is 4. The number of carbonyl (C=O) groups is 1. The minimum atomic E-state index is -0.510. The van der Waals surface area contributed by atoms with E-state index < -0.39 is 5.69 Å². The lowest BCUT2D eigenvalue weighted by Crippen LogP contribution is -2.35. The highest BCUT2D eigenvalue weighted by molar-refractivity contribution is 5.84. The van der Waals surface area contributed by atoms with Crippen molar-refractivity contribution in [1.82, 2.24) is 9.55 Å². The van der Waals surface area contributed by atoms with Crippen LogP contribution in [0.15, 0.2) is 17.1 Å². The number of anilines is 1. The molecule has 0 aromatic carbocycles. The summed E-state index contributed by atoms with van der Waals surface area (Å²) in [6, 6.07) is 1.61. The lowest BCUT2D eigenvalue weighted by atomic mass is 10.3. The summed E-state index contributed by atoms with van der Waals surface area (Å²) in [5, 5.41) is 2.94. The fourth-order valence-corrected chi connectivity index (χ4v) is 1.20. The van der Waals surface area contributed by atoms with E-state index in [-0.39, 0.29) is 5.91 Å². The molecule has 0 radical (unpaired) electrons. The smallest absolute Gasteiger partial charge is 0.356 e. The zero-order chi connectivity index (χ0) is 8.55. The molecule has 0 fully saturated rings. The van der Waals surface area contributed by atoms with Crippen molar-refractivity contribution in [2.24, 2.45) is 0 Å². The van der Waals surface area contributed by atoms with Gasteiger partial charge < -0.3 is 5.32 Å². The average molecular weight is 165 g/mol. The third-order valence-corrected chi connectivity index (χ3v) is 1.74. The van der Waals surface area contributed by atoms with Gasteiger partial charge in [-0.05, 0) is 6.07 Å². The van der Waals surface area contributed by atoms with Gasteiger partial charge in [0.2, 0.25) is 5.91 Å². The van der Waals surface area contributed by atoms with Gasteiger partial charge in [0.25, 0.3) is 0 Å². The number of rotatable bonds is 0. The van der Waals surface area contributed by atoms with Gasteiger partial charge in [-0.15, -0.1) is 0 Å². The Labute approximate surface area is 68.0 Å². The number of hydrogen-bond donors (Lipinski definition) is 1. The summed E-state index contributed by atoms with van der Waals surface area (Å²) in [6.45, 7) is 0.586. The van der Waals surface area contributed by atoms with Crippen LogP contribution < -0.4 is 11.0 Å². The fourth-order valence-electron chi connectivity index (χ4n) is 1.20. The fraction of sp³-hybridized carbons (Fsp3) is 0.286.